The van der Waals surface area contributed by atoms with Crippen LogP contribution in [0, 0.1) is 0 Å². The van der Waals surface area contributed by atoms with Crippen molar-refractivity contribution in [2.45, 2.75) is 18.9 Å². The molecule has 2 rings (SSSR count). The molecule has 2 aliphatic rings. The van der Waals surface area contributed by atoms with Crippen LogP contribution in [0.5, 0.6) is 0 Å². The molecule has 15 heavy (non-hydrogen) atoms. The summed E-state index contributed by atoms with van der Waals surface area (Å²) in [5.41, 5.74) is 8.17. The van der Waals surface area contributed by atoms with Gasteiger partial charge in [0.15, 0.2) is 0 Å². The largest absolute Gasteiger partial charge is 0.337 e. The summed E-state index contributed by atoms with van der Waals surface area (Å²) in [6.07, 6.45) is 1.69. The molecule has 0 spiro atoms. The Balaban J connectivity index is 1.82. The third kappa shape index (κ3) is 2.22. The van der Waals surface area contributed by atoms with Gasteiger partial charge in [-0.25, -0.2) is 0 Å². The molecule has 0 radical (unpaired) electrons. The second kappa shape index (κ2) is 4.51. The Hall–Kier alpha value is -1.26. The van der Waals surface area contributed by atoms with Gasteiger partial charge in [-0.3, -0.25) is 9.69 Å². The lowest BCUT2D eigenvalue weighted by atomic mass is 10.1. The molecule has 6 nitrogen and oxygen atoms in total. The molecule has 0 saturated carbocycles. The third-order valence-electron chi connectivity index (χ3n) is 3.16. The van der Waals surface area contributed by atoms with Crippen LogP contribution < -0.4 is 0 Å². The van der Waals surface area contributed by atoms with Crippen LogP contribution in [0.1, 0.15) is 12.8 Å². The number of nitrogens with zero attached hydrogens (tertiary/aromatic N) is 5. The number of carbonyl (C=O) groups excluding carboxylic acids is 1. The zero-order valence-electron chi connectivity index (χ0n) is 8.67. The standard InChI is InChI=1S/C9H15N5O/c10-12-11-3-4-13-5-6-14-8(7-13)1-2-9(14)15/h8H,1-7H2. The van der Waals surface area contributed by atoms with Crippen molar-refractivity contribution in [3.8, 4) is 0 Å². The molecule has 2 heterocycles. The number of hydrogen-bond donors (Lipinski definition) is 0. The van der Waals surface area contributed by atoms with Crippen LogP contribution in [0.2, 0.25) is 0 Å². The van der Waals surface area contributed by atoms with Crippen molar-refractivity contribution >= 4 is 5.91 Å². The van der Waals surface area contributed by atoms with Gasteiger partial charge in [-0.15, -0.1) is 0 Å². The van der Waals surface area contributed by atoms with Gasteiger partial charge < -0.3 is 4.90 Å². The zero-order chi connectivity index (χ0) is 10.7. The van der Waals surface area contributed by atoms with Crippen molar-refractivity contribution in [2.75, 3.05) is 32.7 Å². The molecule has 1 amide bonds. The van der Waals surface area contributed by atoms with Gasteiger partial charge in [0.2, 0.25) is 5.91 Å². The molecule has 0 aromatic rings. The number of piperazine rings is 1. The van der Waals surface area contributed by atoms with E-state index in [9.17, 15) is 4.79 Å². The molecule has 0 N–H and O–H groups in total. The van der Waals surface area contributed by atoms with E-state index in [-0.39, 0.29) is 0 Å². The molecule has 1 unspecified atom stereocenters. The minimum absolute atomic E-state index is 0.301. The summed E-state index contributed by atoms with van der Waals surface area (Å²) in [5, 5.41) is 3.52. The lowest BCUT2D eigenvalue weighted by Crippen LogP contribution is -2.51. The topological polar surface area (TPSA) is 72.3 Å². The van der Waals surface area contributed by atoms with Gasteiger partial charge in [-0.05, 0) is 12.0 Å². The number of rotatable bonds is 3. The summed E-state index contributed by atoms with van der Waals surface area (Å²) in [6, 6.07) is 0.400. The lowest BCUT2D eigenvalue weighted by Gasteiger charge is -2.37. The predicted octanol–water partition coefficient (Wildman–Crippen LogP) is 0.603. The Kier molecular flexibility index (Phi) is 3.08. The van der Waals surface area contributed by atoms with Crippen LogP contribution in [-0.4, -0.2) is 54.5 Å². The molecular weight excluding hydrogens is 194 g/mol. The van der Waals surface area contributed by atoms with Crippen molar-refractivity contribution < 1.29 is 4.79 Å². The molecule has 2 aliphatic heterocycles. The van der Waals surface area contributed by atoms with E-state index >= 15 is 0 Å². The maximum absolute atomic E-state index is 11.4. The van der Waals surface area contributed by atoms with E-state index in [0.29, 0.717) is 24.9 Å². The molecule has 6 heteroatoms. The maximum Gasteiger partial charge on any atom is 0.222 e. The van der Waals surface area contributed by atoms with Crippen LogP contribution >= 0.6 is 0 Å². The first-order chi connectivity index (χ1) is 7.31. The summed E-state index contributed by atoms with van der Waals surface area (Å²) in [4.78, 5) is 18.4. The summed E-state index contributed by atoms with van der Waals surface area (Å²) >= 11 is 0. The minimum atomic E-state index is 0.301. The van der Waals surface area contributed by atoms with Gasteiger partial charge in [0.1, 0.15) is 0 Å². The normalized spacial score (nSPS) is 26.3. The highest BCUT2D eigenvalue weighted by atomic mass is 16.2. The highest BCUT2D eigenvalue weighted by molar-refractivity contribution is 5.78. The van der Waals surface area contributed by atoms with Gasteiger partial charge in [-0.2, -0.15) is 0 Å². The van der Waals surface area contributed by atoms with E-state index in [1.165, 1.54) is 0 Å². The zero-order valence-corrected chi connectivity index (χ0v) is 8.67. The molecule has 82 valence electrons. The smallest absolute Gasteiger partial charge is 0.222 e. The fourth-order valence-electron chi connectivity index (χ4n) is 2.36. The van der Waals surface area contributed by atoms with E-state index in [1.807, 2.05) is 4.90 Å². The molecule has 1 atom stereocenters. The average molecular weight is 209 g/mol. The van der Waals surface area contributed by atoms with Crippen molar-refractivity contribution in [3.05, 3.63) is 10.4 Å². The maximum atomic E-state index is 11.4. The Morgan fingerprint density at radius 3 is 3.20 bits per heavy atom. The van der Waals surface area contributed by atoms with Gasteiger partial charge in [-0.1, -0.05) is 5.11 Å². The Labute approximate surface area is 88.5 Å². The summed E-state index contributed by atoms with van der Waals surface area (Å²) in [6.45, 7) is 4.01. The van der Waals surface area contributed by atoms with E-state index in [2.05, 4.69) is 14.9 Å². The first kappa shape index (κ1) is 10.3. The molecular formula is C9H15N5O. The molecule has 2 fully saturated rings. The van der Waals surface area contributed by atoms with E-state index in [1.54, 1.807) is 0 Å². The monoisotopic (exact) mass is 209 g/mol. The van der Waals surface area contributed by atoms with Gasteiger partial charge in [0, 0.05) is 50.1 Å². The fourth-order valence-corrected chi connectivity index (χ4v) is 2.36. The van der Waals surface area contributed by atoms with Crippen molar-refractivity contribution in [2.24, 2.45) is 5.11 Å². The van der Waals surface area contributed by atoms with E-state index < -0.39 is 0 Å². The van der Waals surface area contributed by atoms with Crippen molar-refractivity contribution in [3.63, 3.8) is 0 Å². The number of amides is 1. The van der Waals surface area contributed by atoms with Crippen LogP contribution in [0.3, 0.4) is 0 Å². The second-order valence-corrected chi connectivity index (χ2v) is 4.03. The van der Waals surface area contributed by atoms with E-state index in [0.717, 1.165) is 32.6 Å². The predicted molar refractivity (Wildman–Crippen MR) is 55.2 cm³/mol. The molecule has 0 bridgehead atoms. The van der Waals surface area contributed by atoms with Gasteiger partial charge in [0.25, 0.3) is 0 Å². The summed E-state index contributed by atoms with van der Waals surface area (Å²) < 4.78 is 0. The second-order valence-electron chi connectivity index (χ2n) is 4.03. The highest BCUT2D eigenvalue weighted by Gasteiger charge is 2.34. The molecule has 0 aromatic carbocycles. The Morgan fingerprint density at radius 2 is 2.40 bits per heavy atom. The first-order valence-electron chi connectivity index (χ1n) is 5.34. The molecule has 0 aromatic heterocycles. The first-order valence-corrected chi connectivity index (χ1v) is 5.34. The average Bonchev–Trinajstić information content (AvgIpc) is 2.61. The van der Waals surface area contributed by atoms with Gasteiger partial charge >= 0.3 is 0 Å². The Morgan fingerprint density at radius 1 is 1.53 bits per heavy atom. The minimum Gasteiger partial charge on any atom is -0.337 e. The van der Waals surface area contributed by atoms with Crippen molar-refractivity contribution in [1.29, 1.82) is 0 Å². The van der Waals surface area contributed by atoms with Crippen LogP contribution in [0.15, 0.2) is 5.11 Å². The molecule has 2 saturated heterocycles. The van der Waals surface area contributed by atoms with Crippen LogP contribution in [0.4, 0.5) is 0 Å². The summed E-state index contributed by atoms with van der Waals surface area (Å²) in [5.74, 6) is 0.301. The molecule has 0 aliphatic carbocycles. The number of fused-ring (bicyclic) bond motifs is 1. The highest BCUT2D eigenvalue weighted by Crippen LogP contribution is 2.22. The number of hydrogen-bond acceptors (Lipinski definition) is 3. The summed E-state index contributed by atoms with van der Waals surface area (Å²) in [7, 11) is 0. The third-order valence-corrected chi connectivity index (χ3v) is 3.16. The van der Waals surface area contributed by atoms with Crippen LogP contribution in [0.25, 0.3) is 10.4 Å². The number of carbonyl (C=O) groups is 1. The van der Waals surface area contributed by atoms with Crippen molar-refractivity contribution in [1.82, 2.24) is 9.80 Å². The number of azide groups is 1. The Bertz CT molecular complexity index is 299. The fraction of sp³-hybridized carbons (Fsp3) is 0.889. The van der Waals surface area contributed by atoms with Gasteiger partial charge in [0.05, 0.1) is 0 Å². The van der Waals surface area contributed by atoms with E-state index in [4.69, 9.17) is 5.53 Å². The SMILES string of the molecule is [N-]=[N+]=NCCN1CCN2C(=O)CCC2C1. The quantitative estimate of drug-likeness (QED) is 0.388. The lowest BCUT2D eigenvalue weighted by molar-refractivity contribution is -0.130. The van der Waals surface area contributed by atoms with Crippen LogP contribution in [-0.2, 0) is 4.79 Å².